The maximum absolute atomic E-state index is 12.3. The highest BCUT2D eigenvalue weighted by Crippen LogP contribution is 2.27. The first kappa shape index (κ1) is 15.9. The molecular formula is C14H19ClN2OS. The van der Waals surface area contributed by atoms with Crippen molar-refractivity contribution < 1.29 is 4.79 Å². The highest BCUT2D eigenvalue weighted by molar-refractivity contribution is 7.80. The van der Waals surface area contributed by atoms with Crippen LogP contribution in [0, 0.1) is 5.41 Å². The SMILES string of the molecule is CCC(CC)(C(=O)NCc1ccc(Cl)cc1)C(N)=S. The molecule has 0 fully saturated rings. The summed E-state index contributed by atoms with van der Waals surface area (Å²) in [5, 5.41) is 3.57. The molecule has 5 heteroatoms. The molecule has 0 aliphatic heterocycles. The lowest BCUT2D eigenvalue weighted by atomic mass is 9.81. The highest BCUT2D eigenvalue weighted by atomic mass is 35.5. The Morgan fingerprint density at radius 1 is 1.32 bits per heavy atom. The van der Waals surface area contributed by atoms with Crippen LogP contribution in [0.1, 0.15) is 32.3 Å². The lowest BCUT2D eigenvalue weighted by molar-refractivity contribution is -0.128. The summed E-state index contributed by atoms with van der Waals surface area (Å²) in [7, 11) is 0. The van der Waals surface area contributed by atoms with Crippen LogP contribution in [0.5, 0.6) is 0 Å². The molecule has 1 aromatic carbocycles. The van der Waals surface area contributed by atoms with Crippen molar-refractivity contribution in [3.05, 3.63) is 34.9 Å². The normalized spacial score (nSPS) is 11.1. The zero-order valence-corrected chi connectivity index (χ0v) is 12.8. The number of hydrogen-bond donors (Lipinski definition) is 2. The number of thiocarbonyl (C=S) groups is 1. The highest BCUT2D eigenvalue weighted by Gasteiger charge is 2.37. The maximum Gasteiger partial charge on any atom is 0.233 e. The number of rotatable bonds is 6. The molecule has 3 nitrogen and oxygen atoms in total. The molecule has 104 valence electrons. The molecule has 0 saturated heterocycles. The van der Waals surface area contributed by atoms with E-state index in [4.69, 9.17) is 29.6 Å². The standard InChI is InChI=1S/C14H19ClN2OS/c1-3-14(4-2,12(16)19)13(18)17-9-10-5-7-11(15)8-6-10/h5-8H,3-4,9H2,1-2H3,(H2,16,19)(H,17,18). The molecule has 0 bridgehead atoms. The van der Waals surface area contributed by atoms with Gasteiger partial charge in [-0.25, -0.2) is 0 Å². The monoisotopic (exact) mass is 298 g/mol. The Hall–Kier alpha value is -1.13. The molecule has 0 atom stereocenters. The first-order valence-corrected chi connectivity index (χ1v) is 7.07. The fourth-order valence-corrected chi connectivity index (χ4v) is 2.49. The van der Waals surface area contributed by atoms with Gasteiger partial charge in [-0.05, 0) is 30.5 Å². The zero-order chi connectivity index (χ0) is 14.5. The minimum absolute atomic E-state index is 0.111. The van der Waals surface area contributed by atoms with Crippen LogP contribution in [0.15, 0.2) is 24.3 Å². The molecule has 3 N–H and O–H groups in total. The topological polar surface area (TPSA) is 55.1 Å². The van der Waals surface area contributed by atoms with Crippen molar-refractivity contribution in [1.82, 2.24) is 5.32 Å². The number of benzene rings is 1. The second-order valence-corrected chi connectivity index (χ2v) is 5.34. The third-order valence-corrected chi connectivity index (χ3v) is 4.12. The molecule has 0 heterocycles. The first-order chi connectivity index (χ1) is 8.96. The van der Waals surface area contributed by atoms with Crippen LogP contribution in [0.25, 0.3) is 0 Å². The van der Waals surface area contributed by atoms with E-state index in [1.807, 2.05) is 26.0 Å². The average molecular weight is 299 g/mol. The lowest BCUT2D eigenvalue weighted by Crippen LogP contribution is -2.48. The van der Waals surface area contributed by atoms with Crippen molar-refractivity contribution in [2.75, 3.05) is 0 Å². The minimum atomic E-state index is -0.748. The Morgan fingerprint density at radius 3 is 2.26 bits per heavy atom. The molecule has 1 amide bonds. The van der Waals surface area contributed by atoms with Crippen molar-refractivity contribution in [2.24, 2.45) is 11.1 Å². The van der Waals surface area contributed by atoms with Crippen molar-refractivity contribution in [3.8, 4) is 0 Å². The van der Waals surface area contributed by atoms with Gasteiger partial charge in [-0.3, -0.25) is 4.79 Å². The molecular weight excluding hydrogens is 280 g/mol. The molecule has 19 heavy (non-hydrogen) atoms. The quantitative estimate of drug-likeness (QED) is 0.794. The second-order valence-electron chi connectivity index (χ2n) is 4.46. The molecule has 0 unspecified atom stereocenters. The van der Waals surface area contributed by atoms with Crippen LogP contribution in [-0.2, 0) is 11.3 Å². The maximum atomic E-state index is 12.3. The summed E-state index contributed by atoms with van der Waals surface area (Å²) in [6.07, 6.45) is 1.20. The van der Waals surface area contributed by atoms with E-state index >= 15 is 0 Å². The van der Waals surface area contributed by atoms with Crippen LogP contribution in [0.2, 0.25) is 5.02 Å². The van der Waals surface area contributed by atoms with Gasteiger partial charge in [0.2, 0.25) is 5.91 Å². The Kier molecular flexibility index (Phi) is 5.76. The largest absolute Gasteiger partial charge is 0.392 e. The van der Waals surface area contributed by atoms with Gasteiger partial charge in [-0.15, -0.1) is 0 Å². The molecule has 0 spiro atoms. The summed E-state index contributed by atoms with van der Waals surface area (Å²) in [5.74, 6) is -0.111. The summed E-state index contributed by atoms with van der Waals surface area (Å²) in [5.41, 5.74) is 5.98. The fraction of sp³-hybridized carbons (Fsp3) is 0.429. The zero-order valence-electron chi connectivity index (χ0n) is 11.2. The van der Waals surface area contributed by atoms with Gasteiger partial charge in [0.1, 0.15) is 0 Å². The number of nitrogens with two attached hydrogens (primary N) is 1. The Morgan fingerprint density at radius 2 is 1.84 bits per heavy atom. The van der Waals surface area contributed by atoms with E-state index in [-0.39, 0.29) is 10.9 Å². The number of carbonyl (C=O) groups is 1. The van der Waals surface area contributed by atoms with E-state index < -0.39 is 5.41 Å². The number of halogens is 1. The number of hydrogen-bond acceptors (Lipinski definition) is 2. The fourth-order valence-electron chi connectivity index (χ4n) is 1.99. The summed E-state index contributed by atoms with van der Waals surface area (Å²) in [4.78, 5) is 12.6. The van der Waals surface area contributed by atoms with Gasteiger partial charge >= 0.3 is 0 Å². The van der Waals surface area contributed by atoms with Crippen molar-refractivity contribution in [2.45, 2.75) is 33.2 Å². The summed E-state index contributed by atoms with van der Waals surface area (Å²) < 4.78 is 0. The van der Waals surface area contributed by atoms with E-state index in [1.54, 1.807) is 12.1 Å². The number of nitrogens with one attached hydrogen (secondary N) is 1. The van der Waals surface area contributed by atoms with E-state index in [2.05, 4.69) is 5.32 Å². The van der Waals surface area contributed by atoms with Crippen LogP contribution in [-0.4, -0.2) is 10.9 Å². The van der Waals surface area contributed by atoms with Crippen molar-refractivity contribution in [3.63, 3.8) is 0 Å². The van der Waals surface area contributed by atoms with E-state index in [1.165, 1.54) is 0 Å². The van der Waals surface area contributed by atoms with E-state index in [9.17, 15) is 4.79 Å². The average Bonchev–Trinajstić information content (AvgIpc) is 2.39. The minimum Gasteiger partial charge on any atom is -0.392 e. The van der Waals surface area contributed by atoms with Crippen molar-refractivity contribution in [1.29, 1.82) is 0 Å². The molecule has 0 aliphatic carbocycles. The van der Waals surface area contributed by atoms with E-state index in [0.29, 0.717) is 24.4 Å². The van der Waals surface area contributed by atoms with Crippen LogP contribution < -0.4 is 11.1 Å². The van der Waals surface area contributed by atoms with Crippen molar-refractivity contribution >= 4 is 34.7 Å². The van der Waals surface area contributed by atoms with Gasteiger partial charge in [-0.1, -0.05) is 49.8 Å². The lowest BCUT2D eigenvalue weighted by Gasteiger charge is -2.28. The molecule has 1 aromatic rings. The van der Waals surface area contributed by atoms with Crippen LogP contribution in [0.3, 0.4) is 0 Å². The van der Waals surface area contributed by atoms with Gasteiger partial charge in [0, 0.05) is 11.6 Å². The molecule has 0 radical (unpaired) electrons. The van der Waals surface area contributed by atoms with Gasteiger partial charge in [0.25, 0.3) is 0 Å². The van der Waals surface area contributed by atoms with Gasteiger partial charge in [0.05, 0.1) is 10.4 Å². The van der Waals surface area contributed by atoms with Crippen LogP contribution >= 0.6 is 23.8 Å². The smallest absolute Gasteiger partial charge is 0.233 e. The summed E-state index contributed by atoms with van der Waals surface area (Å²) in [6.45, 7) is 4.29. The Bertz CT molecular complexity index is 455. The molecule has 0 saturated carbocycles. The molecule has 0 aromatic heterocycles. The summed E-state index contributed by atoms with van der Waals surface area (Å²) >= 11 is 10.9. The molecule has 0 aliphatic rings. The van der Waals surface area contributed by atoms with Gasteiger partial charge in [-0.2, -0.15) is 0 Å². The third kappa shape index (κ3) is 3.67. The second kappa shape index (κ2) is 6.87. The predicted octanol–water partition coefficient (Wildman–Crippen LogP) is 3.05. The van der Waals surface area contributed by atoms with Crippen LogP contribution in [0.4, 0.5) is 0 Å². The Labute approximate surface area is 124 Å². The third-order valence-electron chi connectivity index (χ3n) is 3.48. The number of carbonyl (C=O) groups excluding carboxylic acids is 1. The molecule has 1 rings (SSSR count). The van der Waals surface area contributed by atoms with E-state index in [0.717, 1.165) is 5.56 Å². The Balaban J connectivity index is 2.73. The number of amides is 1. The first-order valence-electron chi connectivity index (χ1n) is 6.29. The van der Waals surface area contributed by atoms with Gasteiger partial charge < -0.3 is 11.1 Å². The van der Waals surface area contributed by atoms with Gasteiger partial charge in [0.15, 0.2) is 0 Å². The summed E-state index contributed by atoms with van der Waals surface area (Å²) in [6, 6.07) is 7.35. The predicted molar refractivity (Wildman–Crippen MR) is 83.1 cm³/mol.